The third-order valence-corrected chi connectivity index (χ3v) is 3.43. The van der Waals surface area contributed by atoms with Gasteiger partial charge >= 0.3 is 0 Å². The van der Waals surface area contributed by atoms with E-state index >= 15 is 0 Å². The van der Waals surface area contributed by atoms with Gasteiger partial charge in [-0.1, -0.05) is 57.2 Å². The molecule has 0 saturated heterocycles. The molecule has 0 aliphatic carbocycles. The van der Waals surface area contributed by atoms with Crippen LogP contribution in [-0.4, -0.2) is 12.8 Å². The summed E-state index contributed by atoms with van der Waals surface area (Å²) in [5.41, 5.74) is 3.72. The number of hydrogen-bond donors (Lipinski definition) is 1. The first-order valence-corrected chi connectivity index (χ1v) is 6.85. The predicted octanol–water partition coefficient (Wildman–Crippen LogP) is 4.26. The van der Waals surface area contributed by atoms with E-state index in [9.17, 15) is 4.79 Å². The summed E-state index contributed by atoms with van der Waals surface area (Å²) in [6.45, 7) is 6.50. The maximum atomic E-state index is 12.4. The molecule has 0 fully saturated rings. The quantitative estimate of drug-likeness (QED) is 0.842. The third kappa shape index (κ3) is 3.08. The van der Waals surface area contributed by atoms with Crippen LogP contribution >= 0.6 is 0 Å². The number of hydrogen-bond acceptors (Lipinski definition) is 2. The van der Waals surface area contributed by atoms with Crippen molar-refractivity contribution in [2.45, 2.75) is 26.2 Å². The highest BCUT2D eigenvalue weighted by atomic mass is 16.1. The second-order valence-corrected chi connectivity index (χ2v) is 5.99. The molecule has 20 heavy (non-hydrogen) atoms. The highest BCUT2D eigenvalue weighted by molar-refractivity contribution is 6.09. The van der Waals surface area contributed by atoms with Crippen molar-refractivity contribution in [1.29, 1.82) is 0 Å². The zero-order valence-corrected chi connectivity index (χ0v) is 12.5. The summed E-state index contributed by atoms with van der Waals surface area (Å²) in [6, 6.07) is 15.5. The average Bonchev–Trinajstić information content (AvgIpc) is 2.46. The molecule has 104 valence electrons. The lowest BCUT2D eigenvalue weighted by molar-refractivity contribution is 0.103. The normalized spacial score (nSPS) is 11.2. The van der Waals surface area contributed by atoms with Gasteiger partial charge in [0, 0.05) is 23.9 Å². The predicted molar refractivity (Wildman–Crippen MR) is 84.6 cm³/mol. The zero-order chi connectivity index (χ0) is 14.8. The molecule has 0 spiro atoms. The molecule has 0 amide bonds. The van der Waals surface area contributed by atoms with Crippen LogP contribution in [0.5, 0.6) is 0 Å². The smallest absolute Gasteiger partial charge is 0.193 e. The first-order valence-electron chi connectivity index (χ1n) is 6.85. The Balaban J connectivity index is 2.29. The SMILES string of the molecule is CNc1cccc(C(=O)c2ccc(C(C)(C)C)cc2)c1. The Bertz CT molecular complexity index is 606. The van der Waals surface area contributed by atoms with Crippen molar-refractivity contribution in [2.24, 2.45) is 0 Å². The van der Waals surface area contributed by atoms with Crippen LogP contribution < -0.4 is 5.32 Å². The molecular formula is C18H21NO. The third-order valence-electron chi connectivity index (χ3n) is 3.43. The van der Waals surface area contributed by atoms with E-state index in [4.69, 9.17) is 0 Å². The van der Waals surface area contributed by atoms with Gasteiger partial charge in [0.1, 0.15) is 0 Å². The number of ketones is 1. The van der Waals surface area contributed by atoms with Crippen LogP contribution in [0.25, 0.3) is 0 Å². The topological polar surface area (TPSA) is 29.1 Å². The first-order chi connectivity index (χ1) is 9.41. The Hall–Kier alpha value is -2.09. The highest BCUT2D eigenvalue weighted by Crippen LogP contribution is 2.23. The molecule has 0 bridgehead atoms. The van der Waals surface area contributed by atoms with Gasteiger partial charge in [0.15, 0.2) is 5.78 Å². The number of carbonyl (C=O) groups excluding carboxylic acids is 1. The molecule has 2 aromatic rings. The fourth-order valence-electron chi connectivity index (χ4n) is 2.10. The highest BCUT2D eigenvalue weighted by Gasteiger charge is 2.15. The fraction of sp³-hybridized carbons (Fsp3) is 0.278. The molecule has 2 heteroatoms. The first kappa shape index (κ1) is 14.3. The number of nitrogens with one attached hydrogen (secondary N) is 1. The maximum Gasteiger partial charge on any atom is 0.193 e. The Kier molecular flexibility index (Phi) is 3.93. The molecule has 1 N–H and O–H groups in total. The van der Waals surface area contributed by atoms with E-state index in [-0.39, 0.29) is 11.2 Å². The Labute approximate surface area is 120 Å². The second-order valence-electron chi connectivity index (χ2n) is 5.99. The van der Waals surface area contributed by atoms with Gasteiger partial charge in [-0.15, -0.1) is 0 Å². The van der Waals surface area contributed by atoms with Crippen LogP contribution in [0.3, 0.4) is 0 Å². The van der Waals surface area contributed by atoms with Crippen molar-refractivity contribution in [3.8, 4) is 0 Å². The summed E-state index contributed by atoms with van der Waals surface area (Å²) < 4.78 is 0. The fourth-order valence-corrected chi connectivity index (χ4v) is 2.10. The molecule has 0 saturated carbocycles. The van der Waals surface area contributed by atoms with Crippen LogP contribution in [0.4, 0.5) is 5.69 Å². The molecule has 0 aliphatic rings. The van der Waals surface area contributed by atoms with Gasteiger partial charge < -0.3 is 5.32 Å². The van der Waals surface area contributed by atoms with Gasteiger partial charge in [-0.2, -0.15) is 0 Å². The van der Waals surface area contributed by atoms with Crippen molar-refractivity contribution in [3.63, 3.8) is 0 Å². The molecule has 0 heterocycles. The average molecular weight is 267 g/mol. The van der Waals surface area contributed by atoms with E-state index in [1.165, 1.54) is 5.56 Å². The summed E-state index contributed by atoms with van der Waals surface area (Å²) in [5, 5.41) is 3.05. The molecule has 0 unspecified atom stereocenters. The zero-order valence-electron chi connectivity index (χ0n) is 12.5. The van der Waals surface area contributed by atoms with Crippen molar-refractivity contribution in [3.05, 3.63) is 65.2 Å². The molecular weight excluding hydrogens is 246 g/mol. The van der Waals surface area contributed by atoms with E-state index in [1.807, 2.05) is 55.6 Å². The van der Waals surface area contributed by atoms with Crippen molar-refractivity contribution >= 4 is 11.5 Å². The molecule has 2 aromatic carbocycles. The van der Waals surface area contributed by atoms with Gasteiger partial charge in [0.05, 0.1) is 0 Å². The number of carbonyl (C=O) groups is 1. The molecule has 0 radical (unpaired) electrons. The van der Waals surface area contributed by atoms with Crippen molar-refractivity contribution < 1.29 is 4.79 Å². The van der Waals surface area contributed by atoms with Crippen molar-refractivity contribution in [1.82, 2.24) is 0 Å². The van der Waals surface area contributed by atoms with Gasteiger partial charge in [-0.3, -0.25) is 4.79 Å². The summed E-state index contributed by atoms with van der Waals surface area (Å²) in [7, 11) is 1.85. The summed E-state index contributed by atoms with van der Waals surface area (Å²) >= 11 is 0. The number of benzene rings is 2. The minimum Gasteiger partial charge on any atom is -0.388 e. The lowest BCUT2D eigenvalue weighted by Gasteiger charge is -2.19. The van der Waals surface area contributed by atoms with E-state index in [0.717, 1.165) is 11.3 Å². The summed E-state index contributed by atoms with van der Waals surface area (Å²) in [6.07, 6.45) is 0. The lowest BCUT2D eigenvalue weighted by atomic mass is 9.86. The van der Waals surface area contributed by atoms with E-state index < -0.39 is 0 Å². The van der Waals surface area contributed by atoms with E-state index in [1.54, 1.807) is 0 Å². The van der Waals surface area contributed by atoms with Crippen LogP contribution in [0.2, 0.25) is 0 Å². The van der Waals surface area contributed by atoms with Gasteiger partial charge in [-0.05, 0) is 23.1 Å². The molecule has 2 rings (SSSR count). The molecule has 0 aromatic heterocycles. The maximum absolute atomic E-state index is 12.4. The Morgan fingerprint density at radius 3 is 2.15 bits per heavy atom. The monoisotopic (exact) mass is 267 g/mol. The molecule has 0 atom stereocenters. The van der Waals surface area contributed by atoms with E-state index in [0.29, 0.717) is 5.56 Å². The number of anilines is 1. The van der Waals surface area contributed by atoms with Crippen LogP contribution in [-0.2, 0) is 5.41 Å². The van der Waals surface area contributed by atoms with Gasteiger partial charge in [0.25, 0.3) is 0 Å². The largest absolute Gasteiger partial charge is 0.388 e. The summed E-state index contributed by atoms with van der Waals surface area (Å²) in [5.74, 6) is 0.0579. The van der Waals surface area contributed by atoms with Crippen LogP contribution in [0.1, 0.15) is 42.3 Å². The van der Waals surface area contributed by atoms with Gasteiger partial charge in [0.2, 0.25) is 0 Å². The molecule has 2 nitrogen and oxygen atoms in total. The lowest BCUT2D eigenvalue weighted by Crippen LogP contribution is -2.11. The standard InChI is InChI=1S/C18H21NO/c1-18(2,3)15-10-8-13(9-11-15)17(20)14-6-5-7-16(12-14)19-4/h5-12,19H,1-4H3. The van der Waals surface area contributed by atoms with Crippen LogP contribution in [0, 0.1) is 0 Å². The van der Waals surface area contributed by atoms with E-state index in [2.05, 4.69) is 26.1 Å². The Morgan fingerprint density at radius 2 is 1.60 bits per heavy atom. The minimum atomic E-state index is 0.0579. The minimum absolute atomic E-state index is 0.0579. The number of rotatable bonds is 3. The Morgan fingerprint density at radius 1 is 0.950 bits per heavy atom. The molecule has 0 aliphatic heterocycles. The summed E-state index contributed by atoms with van der Waals surface area (Å²) in [4.78, 5) is 12.4. The van der Waals surface area contributed by atoms with Gasteiger partial charge in [-0.25, -0.2) is 0 Å². The van der Waals surface area contributed by atoms with Crippen LogP contribution in [0.15, 0.2) is 48.5 Å². The second kappa shape index (κ2) is 5.49. The van der Waals surface area contributed by atoms with Crippen molar-refractivity contribution in [2.75, 3.05) is 12.4 Å².